The van der Waals surface area contributed by atoms with E-state index < -0.39 is 0 Å². The van der Waals surface area contributed by atoms with Gasteiger partial charge in [0.15, 0.2) is 6.29 Å². The van der Waals surface area contributed by atoms with Gasteiger partial charge in [-0.3, -0.25) is 0 Å². The predicted molar refractivity (Wildman–Crippen MR) is 61.3 cm³/mol. The highest BCUT2D eigenvalue weighted by molar-refractivity contribution is 4.76. The van der Waals surface area contributed by atoms with E-state index in [1.165, 1.54) is 19.4 Å². The first kappa shape index (κ1) is 12.3. The Kier molecular flexibility index (Phi) is 5.03. The van der Waals surface area contributed by atoms with Crippen LogP contribution in [0, 0.1) is 5.92 Å². The third-order valence-corrected chi connectivity index (χ3v) is 3.33. The fraction of sp³-hybridized carbons (Fsp3) is 1.00. The summed E-state index contributed by atoms with van der Waals surface area (Å²) in [6.45, 7) is 8.55. The minimum atomic E-state index is 0.0508. The molecular weight excluding hydrogens is 206 g/mol. The highest BCUT2D eigenvalue weighted by Gasteiger charge is 2.30. The molecule has 2 aliphatic heterocycles. The monoisotopic (exact) mass is 229 g/mol. The van der Waals surface area contributed by atoms with E-state index in [0.717, 1.165) is 39.5 Å². The maximum Gasteiger partial charge on any atom is 0.161 e. The topological polar surface area (TPSA) is 30.9 Å². The van der Waals surface area contributed by atoms with Gasteiger partial charge in [0, 0.05) is 25.6 Å². The lowest BCUT2D eigenvalue weighted by Crippen LogP contribution is -2.42. The second kappa shape index (κ2) is 6.55. The molecule has 2 rings (SSSR count). The molecule has 0 aromatic heterocycles. The quantitative estimate of drug-likeness (QED) is 0.661. The van der Waals surface area contributed by atoms with Gasteiger partial charge in [-0.1, -0.05) is 0 Å². The van der Waals surface area contributed by atoms with Crippen molar-refractivity contribution in [2.75, 3.05) is 46.1 Å². The molecular formula is C12H23NO3. The van der Waals surface area contributed by atoms with Crippen LogP contribution in [0.15, 0.2) is 0 Å². The van der Waals surface area contributed by atoms with Gasteiger partial charge in [0.25, 0.3) is 0 Å². The summed E-state index contributed by atoms with van der Waals surface area (Å²) in [7, 11) is 0. The number of likely N-dealkylation sites (tertiary alicyclic amines) is 1. The molecule has 2 aliphatic rings. The van der Waals surface area contributed by atoms with Crippen LogP contribution in [0.4, 0.5) is 0 Å². The van der Waals surface area contributed by atoms with Crippen molar-refractivity contribution < 1.29 is 14.2 Å². The lowest BCUT2D eigenvalue weighted by Gasteiger charge is -2.34. The first-order valence-electron chi connectivity index (χ1n) is 6.43. The molecule has 0 aromatic carbocycles. The van der Waals surface area contributed by atoms with Crippen molar-refractivity contribution in [2.24, 2.45) is 5.92 Å². The zero-order valence-corrected chi connectivity index (χ0v) is 10.2. The normalized spacial score (nSPS) is 28.7. The molecule has 2 fully saturated rings. The van der Waals surface area contributed by atoms with Crippen LogP contribution in [0.3, 0.4) is 0 Å². The maximum absolute atomic E-state index is 5.59. The molecule has 0 N–H and O–H groups in total. The van der Waals surface area contributed by atoms with Crippen molar-refractivity contribution >= 4 is 0 Å². The molecule has 0 aromatic rings. The van der Waals surface area contributed by atoms with E-state index in [0.29, 0.717) is 5.92 Å². The van der Waals surface area contributed by atoms with Crippen LogP contribution < -0.4 is 0 Å². The van der Waals surface area contributed by atoms with E-state index in [1.54, 1.807) is 0 Å². The van der Waals surface area contributed by atoms with Gasteiger partial charge in [0.05, 0.1) is 19.8 Å². The predicted octanol–water partition coefficient (Wildman–Crippen LogP) is 1.11. The Balaban J connectivity index is 1.70. The highest BCUT2D eigenvalue weighted by Crippen LogP contribution is 2.24. The summed E-state index contributed by atoms with van der Waals surface area (Å²) in [5.74, 6) is 0.554. The molecule has 0 spiro atoms. The first-order chi connectivity index (χ1) is 7.90. The van der Waals surface area contributed by atoms with Gasteiger partial charge in [-0.25, -0.2) is 0 Å². The lowest BCUT2D eigenvalue weighted by atomic mass is 9.97. The number of hydrogen-bond acceptors (Lipinski definition) is 4. The zero-order chi connectivity index (χ0) is 11.2. The van der Waals surface area contributed by atoms with Crippen LogP contribution in [0.25, 0.3) is 0 Å². The molecule has 0 radical (unpaired) electrons. The minimum absolute atomic E-state index is 0.0508. The first-order valence-corrected chi connectivity index (χ1v) is 6.43. The van der Waals surface area contributed by atoms with Crippen LogP contribution in [0.5, 0.6) is 0 Å². The average molecular weight is 229 g/mol. The Morgan fingerprint density at radius 1 is 1.31 bits per heavy atom. The van der Waals surface area contributed by atoms with Crippen molar-refractivity contribution in [1.29, 1.82) is 0 Å². The maximum atomic E-state index is 5.59. The van der Waals surface area contributed by atoms with Gasteiger partial charge >= 0.3 is 0 Å². The molecule has 4 nitrogen and oxygen atoms in total. The standard InChI is InChI=1S/C12H23NO3/c1-2-14-7-6-13-5-3-4-11(10-13)12-15-8-9-16-12/h11-12H,2-10H2,1H3. The van der Waals surface area contributed by atoms with Crippen molar-refractivity contribution in [3.63, 3.8) is 0 Å². The van der Waals surface area contributed by atoms with Crippen molar-refractivity contribution in [2.45, 2.75) is 26.1 Å². The number of ether oxygens (including phenoxy) is 3. The molecule has 1 unspecified atom stereocenters. The second-order valence-corrected chi connectivity index (χ2v) is 4.51. The van der Waals surface area contributed by atoms with Crippen LogP contribution in [-0.2, 0) is 14.2 Å². The Labute approximate surface area is 97.8 Å². The van der Waals surface area contributed by atoms with Crippen LogP contribution in [-0.4, -0.2) is 57.3 Å². The second-order valence-electron chi connectivity index (χ2n) is 4.51. The van der Waals surface area contributed by atoms with Crippen molar-refractivity contribution in [1.82, 2.24) is 4.90 Å². The molecule has 4 heteroatoms. The van der Waals surface area contributed by atoms with E-state index in [2.05, 4.69) is 4.90 Å². The molecule has 2 saturated heterocycles. The lowest BCUT2D eigenvalue weighted by molar-refractivity contribution is -0.101. The number of piperidine rings is 1. The smallest absolute Gasteiger partial charge is 0.161 e. The van der Waals surface area contributed by atoms with E-state index in [-0.39, 0.29) is 6.29 Å². The van der Waals surface area contributed by atoms with Crippen molar-refractivity contribution in [3.05, 3.63) is 0 Å². The molecule has 0 saturated carbocycles. The number of hydrogen-bond donors (Lipinski definition) is 0. The van der Waals surface area contributed by atoms with Gasteiger partial charge < -0.3 is 19.1 Å². The van der Waals surface area contributed by atoms with Gasteiger partial charge in [-0.15, -0.1) is 0 Å². The van der Waals surface area contributed by atoms with Crippen molar-refractivity contribution in [3.8, 4) is 0 Å². The molecule has 0 aliphatic carbocycles. The van der Waals surface area contributed by atoms with E-state index in [9.17, 15) is 0 Å². The Bertz CT molecular complexity index is 195. The van der Waals surface area contributed by atoms with E-state index in [1.807, 2.05) is 6.92 Å². The zero-order valence-electron chi connectivity index (χ0n) is 10.2. The fourth-order valence-corrected chi connectivity index (χ4v) is 2.50. The summed E-state index contributed by atoms with van der Waals surface area (Å²) in [4.78, 5) is 2.47. The highest BCUT2D eigenvalue weighted by atomic mass is 16.7. The van der Waals surface area contributed by atoms with Gasteiger partial charge in [-0.2, -0.15) is 0 Å². The summed E-state index contributed by atoms with van der Waals surface area (Å²) in [6.07, 6.45) is 2.53. The molecule has 2 heterocycles. The average Bonchev–Trinajstić information content (AvgIpc) is 2.83. The summed E-state index contributed by atoms with van der Waals surface area (Å²) < 4.78 is 16.6. The Morgan fingerprint density at radius 3 is 2.88 bits per heavy atom. The summed E-state index contributed by atoms with van der Waals surface area (Å²) in [5.41, 5.74) is 0. The largest absolute Gasteiger partial charge is 0.380 e. The van der Waals surface area contributed by atoms with Gasteiger partial charge in [0.2, 0.25) is 0 Å². The third kappa shape index (κ3) is 3.42. The van der Waals surface area contributed by atoms with Crippen LogP contribution in [0.2, 0.25) is 0 Å². The molecule has 1 atom stereocenters. The number of rotatable bonds is 5. The number of nitrogens with zero attached hydrogens (tertiary/aromatic N) is 1. The molecule has 0 amide bonds. The Hall–Kier alpha value is -0.160. The SMILES string of the molecule is CCOCCN1CCCC(C2OCCO2)C1. The van der Waals surface area contributed by atoms with Gasteiger partial charge in [-0.05, 0) is 26.3 Å². The van der Waals surface area contributed by atoms with E-state index in [4.69, 9.17) is 14.2 Å². The van der Waals surface area contributed by atoms with Crippen LogP contribution >= 0.6 is 0 Å². The minimum Gasteiger partial charge on any atom is -0.380 e. The summed E-state index contributed by atoms with van der Waals surface area (Å²) >= 11 is 0. The summed E-state index contributed by atoms with van der Waals surface area (Å²) in [6, 6.07) is 0. The third-order valence-electron chi connectivity index (χ3n) is 3.33. The molecule has 94 valence electrons. The fourth-order valence-electron chi connectivity index (χ4n) is 2.50. The van der Waals surface area contributed by atoms with Gasteiger partial charge in [0.1, 0.15) is 0 Å². The van der Waals surface area contributed by atoms with E-state index >= 15 is 0 Å². The molecule has 0 bridgehead atoms. The molecule has 16 heavy (non-hydrogen) atoms. The summed E-state index contributed by atoms with van der Waals surface area (Å²) in [5, 5.41) is 0. The van der Waals surface area contributed by atoms with Crippen LogP contribution in [0.1, 0.15) is 19.8 Å². The Morgan fingerprint density at radius 2 is 2.12 bits per heavy atom.